The second-order valence-electron chi connectivity index (χ2n) is 4.91. The summed E-state index contributed by atoms with van der Waals surface area (Å²) < 4.78 is 0. The summed E-state index contributed by atoms with van der Waals surface area (Å²) in [7, 11) is 2.19. The Labute approximate surface area is 104 Å². The molecule has 17 heavy (non-hydrogen) atoms. The minimum atomic E-state index is 0.135. The molecule has 3 heteroatoms. The lowest BCUT2D eigenvalue weighted by Crippen LogP contribution is -2.28. The molecule has 0 bridgehead atoms. The number of aliphatic hydroxyl groups is 1. The summed E-state index contributed by atoms with van der Waals surface area (Å²) in [6, 6.07) is 8.26. The van der Waals surface area contributed by atoms with Crippen LogP contribution in [0.5, 0.6) is 0 Å². The molecule has 0 aromatic heterocycles. The maximum atomic E-state index is 9.13. The first-order valence-electron chi connectivity index (χ1n) is 6.37. The van der Waals surface area contributed by atoms with E-state index in [2.05, 4.69) is 29.0 Å². The van der Waals surface area contributed by atoms with Crippen molar-refractivity contribution >= 4 is 0 Å². The molecule has 0 saturated carbocycles. The van der Waals surface area contributed by atoms with Crippen LogP contribution in [-0.4, -0.2) is 48.1 Å². The van der Waals surface area contributed by atoms with Crippen molar-refractivity contribution in [1.29, 1.82) is 0 Å². The van der Waals surface area contributed by atoms with Gasteiger partial charge in [0.15, 0.2) is 0 Å². The Morgan fingerprint density at radius 1 is 1.12 bits per heavy atom. The molecule has 0 amide bonds. The molecular weight excluding hydrogens is 212 g/mol. The maximum Gasteiger partial charge on any atom is 0.0681 e. The molecule has 3 nitrogen and oxygen atoms in total. The fourth-order valence-electron chi connectivity index (χ4n) is 2.34. The van der Waals surface area contributed by atoms with E-state index in [0.717, 1.165) is 25.2 Å². The van der Waals surface area contributed by atoms with Crippen LogP contribution < -0.4 is 0 Å². The highest BCUT2D eigenvalue weighted by molar-refractivity contribution is 5.22. The van der Waals surface area contributed by atoms with Gasteiger partial charge in [0.25, 0.3) is 0 Å². The molecule has 94 valence electrons. The van der Waals surface area contributed by atoms with E-state index in [9.17, 15) is 0 Å². The average Bonchev–Trinajstić information content (AvgIpc) is 2.55. The monoisotopic (exact) mass is 234 g/mol. The fourth-order valence-corrected chi connectivity index (χ4v) is 2.34. The van der Waals surface area contributed by atoms with E-state index in [0.29, 0.717) is 0 Å². The van der Waals surface area contributed by atoms with E-state index in [-0.39, 0.29) is 6.61 Å². The van der Waals surface area contributed by atoms with Gasteiger partial charge in [-0.25, -0.2) is 0 Å². The Hall–Kier alpha value is -0.900. The Bertz CT molecular complexity index is 354. The first kappa shape index (κ1) is 12.6. The molecule has 1 aliphatic rings. The molecule has 1 aliphatic heterocycles. The highest BCUT2D eigenvalue weighted by Gasteiger charge is 2.12. The van der Waals surface area contributed by atoms with Crippen LogP contribution in [-0.2, 0) is 13.2 Å². The van der Waals surface area contributed by atoms with Gasteiger partial charge < -0.3 is 10.0 Å². The van der Waals surface area contributed by atoms with E-state index in [1.807, 2.05) is 12.1 Å². The molecule has 0 unspecified atom stereocenters. The predicted molar refractivity (Wildman–Crippen MR) is 69.8 cm³/mol. The third-order valence-corrected chi connectivity index (χ3v) is 3.39. The number of hydrogen-bond acceptors (Lipinski definition) is 3. The molecule has 0 aliphatic carbocycles. The van der Waals surface area contributed by atoms with Crippen LogP contribution in [0.25, 0.3) is 0 Å². The van der Waals surface area contributed by atoms with Gasteiger partial charge in [-0.1, -0.05) is 24.3 Å². The fraction of sp³-hybridized carbons (Fsp3) is 0.571. The Kier molecular flexibility index (Phi) is 4.54. The van der Waals surface area contributed by atoms with Crippen LogP contribution in [0.15, 0.2) is 24.3 Å². The molecule has 1 fully saturated rings. The second-order valence-corrected chi connectivity index (χ2v) is 4.91. The number of rotatable bonds is 3. The molecule has 1 aromatic carbocycles. The lowest BCUT2D eigenvalue weighted by molar-refractivity contribution is 0.267. The molecule has 0 radical (unpaired) electrons. The molecule has 1 N–H and O–H groups in total. The molecule has 1 heterocycles. The van der Waals surface area contributed by atoms with Gasteiger partial charge in [-0.2, -0.15) is 0 Å². The van der Waals surface area contributed by atoms with Gasteiger partial charge in [0.2, 0.25) is 0 Å². The van der Waals surface area contributed by atoms with Crippen molar-refractivity contribution in [3.8, 4) is 0 Å². The number of nitrogens with zero attached hydrogens (tertiary/aromatic N) is 2. The topological polar surface area (TPSA) is 26.7 Å². The van der Waals surface area contributed by atoms with Gasteiger partial charge in [-0.15, -0.1) is 0 Å². The lowest BCUT2D eigenvalue weighted by Gasteiger charge is -2.20. The summed E-state index contributed by atoms with van der Waals surface area (Å²) >= 11 is 0. The van der Waals surface area contributed by atoms with E-state index in [4.69, 9.17) is 5.11 Å². The SMILES string of the molecule is CN1CCCN(Cc2cccc(CO)c2)CC1. The molecule has 0 atom stereocenters. The second kappa shape index (κ2) is 6.15. The third-order valence-electron chi connectivity index (χ3n) is 3.39. The molecular formula is C14H22N2O. The molecule has 2 rings (SSSR count). The van der Waals surface area contributed by atoms with Crippen molar-refractivity contribution in [3.63, 3.8) is 0 Å². The van der Waals surface area contributed by atoms with Crippen molar-refractivity contribution in [2.24, 2.45) is 0 Å². The zero-order valence-electron chi connectivity index (χ0n) is 10.6. The summed E-state index contributed by atoms with van der Waals surface area (Å²) in [4.78, 5) is 4.89. The minimum absolute atomic E-state index is 0.135. The van der Waals surface area contributed by atoms with Crippen molar-refractivity contribution in [2.45, 2.75) is 19.6 Å². The first-order chi connectivity index (χ1) is 8.28. The Balaban J connectivity index is 1.94. The zero-order chi connectivity index (χ0) is 12.1. The quantitative estimate of drug-likeness (QED) is 0.854. The van der Waals surface area contributed by atoms with Crippen LogP contribution in [0.4, 0.5) is 0 Å². The lowest BCUT2D eigenvalue weighted by atomic mass is 10.1. The van der Waals surface area contributed by atoms with Gasteiger partial charge in [-0.05, 0) is 37.7 Å². The first-order valence-corrected chi connectivity index (χ1v) is 6.37. The normalized spacial score (nSPS) is 19.2. The Morgan fingerprint density at radius 3 is 2.76 bits per heavy atom. The van der Waals surface area contributed by atoms with Crippen LogP contribution >= 0.6 is 0 Å². The summed E-state index contributed by atoms with van der Waals surface area (Å²) in [6.45, 7) is 5.80. The van der Waals surface area contributed by atoms with Crippen LogP contribution in [0.3, 0.4) is 0 Å². The average molecular weight is 234 g/mol. The van der Waals surface area contributed by atoms with Crippen molar-refractivity contribution in [2.75, 3.05) is 33.2 Å². The maximum absolute atomic E-state index is 9.13. The smallest absolute Gasteiger partial charge is 0.0681 e. The third kappa shape index (κ3) is 3.80. The number of likely N-dealkylation sites (N-methyl/N-ethyl adjacent to an activating group) is 1. The van der Waals surface area contributed by atoms with Crippen LogP contribution in [0.1, 0.15) is 17.5 Å². The van der Waals surface area contributed by atoms with Crippen molar-refractivity contribution in [3.05, 3.63) is 35.4 Å². The van der Waals surface area contributed by atoms with Gasteiger partial charge in [0.1, 0.15) is 0 Å². The Morgan fingerprint density at radius 2 is 1.94 bits per heavy atom. The molecule has 1 saturated heterocycles. The zero-order valence-corrected chi connectivity index (χ0v) is 10.6. The minimum Gasteiger partial charge on any atom is -0.392 e. The van der Waals surface area contributed by atoms with Crippen molar-refractivity contribution in [1.82, 2.24) is 9.80 Å². The summed E-state index contributed by atoms with van der Waals surface area (Å²) in [6.07, 6.45) is 1.25. The number of benzene rings is 1. The number of aliphatic hydroxyl groups excluding tert-OH is 1. The number of hydrogen-bond donors (Lipinski definition) is 1. The highest BCUT2D eigenvalue weighted by atomic mass is 16.3. The standard InChI is InChI=1S/C14H22N2O/c1-15-6-3-7-16(9-8-15)11-13-4-2-5-14(10-13)12-17/h2,4-5,10,17H,3,6-9,11-12H2,1H3. The van der Waals surface area contributed by atoms with Gasteiger partial charge >= 0.3 is 0 Å². The van der Waals surface area contributed by atoms with E-state index in [1.165, 1.54) is 25.1 Å². The summed E-state index contributed by atoms with van der Waals surface area (Å²) in [5, 5.41) is 9.13. The summed E-state index contributed by atoms with van der Waals surface area (Å²) in [5.74, 6) is 0. The van der Waals surface area contributed by atoms with Crippen LogP contribution in [0, 0.1) is 0 Å². The van der Waals surface area contributed by atoms with Crippen molar-refractivity contribution < 1.29 is 5.11 Å². The van der Waals surface area contributed by atoms with Gasteiger partial charge in [-0.3, -0.25) is 4.90 Å². The predicted octanol–water partition coefficient (Wildman–Crippen LogP) is 1.32. The molecule has 0 spiro atoms. The van der Waals surface area contributed by atoms with Gasteiger partial charge in [0, 0.05) is 19.6 Å². The van der Waals surface area contributed by atoms with E-state index in [1.54, 1.807) is 0 Å². The van der Waals surface area contributed by atoms with Crippen LogP contribution in [0.2, 0.25) is 0 Å². The summed E-state index contributed by atoms with van der Waals surface area (Å²) in [5.41, 5.74) is 2.32. The highest BCUT2D eigenvalue weighted by Crippen LogP contribution is 2.10. The molecule has 1 aromatic rings. The largest absolute Gasteiger partial charge is 0.392 e. The van der Waals surface area contributed by atoms with Gasteiger partial charge in [0.05, 0.1) is 6.61 Å². The van der Waals surface area contributed by atoms with E-state index >= 15 is 0 Å². The van der Waals surface area contributed by atoms with E-state index < -0.39 is 0 Å².